The van der Waals surface area contributed by atoms with Crippen LogP contribution in [0.25, 0.3) is 0 Å². The third kappa shape index (κ3) is 0.759. The highest BCUT2D eigenvalue weighted by molar-refractivity contribution is 8.00. The number of nitrogens with two attached hydrogens (primary N) is 1. The summed E-state index contributed by atoms with van der Waals surface area (Å²) in [5, 5.41) is 7.77. The van der Waals surface area contributed by atoms with Crippen molar-refractivity contribution in [2.75, 3.05) is 0 Å². The van der Waals surface area contributed by atoms with E-state index in [0.29, 0.717) is 22.7 Å². The molecule has 1 aliphatic heterocycles. The van der Waals surface area contributed by atoms with Crippen molar-refractivity contribution in [2.24, 2.45) is 5.73 Å². The van der Waals surface area contributed by atoms with Crippen LogP contribution in [0.15, 0.2) is 0 Å². The van der Waals surface area contributed by atoms with Crippen molar-refractivity contribution >= 4 is 22.4 Å². The molecule has 0 aromatic heterocycles. The smallest absolute Gasteiger partial charge is 0.0520 e. The van der Waals surface area contributed by atoms with Gasteiger partial charge in [-0.05, 0) is 17.2 Å². The van der Waals surface area contributed by atoms with E-state index in [9.17, 15) is 0 Å². The fraction of sp³-hybridized carbons (Fsp3) is 0.500. The van der Waals surface area contributed by atoms with Gasteiger partial charge in [0.15, 0.2) is 0 Å². The average molecular weight is 120 g/mol. The third-order valence-corrected chi connectivity index (χ3v) is 3.53. The van der Waals surface area contributed by atoms with E-state index in [1.807, 2.05) is 0 Å². The lowest BCUT2D eigenvalue weighted by molar-refractivity contribution is 1.29. The SMILES string of the molecule is N=C1PC(N)P1. The molecule has 1 aliphatic rings. The average Bonchev–Trinajstić information content (AvgIpc) is 1.33. The van der Waals surface area contributed by atoms with E-state index in [1.54, 1.807) is 0 Å². The van der Waals surface area contributed by atoms with Gasteiger partial charge in [0.05, 0.1) is 5.19 Å². The van der Waals surface area contributed by atoms with E-state index in [-0.39, 0.29) is 0 Å². The fourth-order valence-electron chi connectivity index (χ4n) is 0.311. The predicted molar refractivity (Wildman–Crippen MR) is 32.3 cm³/mol. The highest BCUT2D eigenvalue weighted by Gasteiger charge is 2.17. The molecule has 1 rings (SSSR count). The lowest BCUT2D eigenvalue weighted by Crippen LogP contribution is -2.17. The van der Waals surface area contributed by atoms with Crippen molar-refractivity contribution in [3.05, 3.63) is 0 Å². The van der Waals surface area contributed by atoms with Gasteiger partial charge in [-0.3, -0.25) is 0 Å². The highest BCUT2D eigenvalue weighted by Crippen LogP contribution is 2.48. The summed E-state index contributed by atoms with van der Waals surface area (Å²) in [4.78, 5) is 0. The van der Waals surface area contributed by atoms with E-state index in [0.717, 1.165) is 5.19 Å². The minimum Gasteiger partial charge on any atom is -0.320 e. The molecule has 0 bridgehead atoms. The van der Waals surface area contributed by atoms with E-state index in [2.05, 4.69) is 0 Å². The highest BCUT2D eigenvalue weighted by atomic mass is 31.2. The molecule has 2 nitrogen and oxygen atoms in total. The molecule has 0 radical (unpaired) electrons. The lowest BCUT2D eigenvalue weighted by atomic mass is 11.5. The molecule has 0 aliphatic carbocycles. The topological polar surface area (TPSA) is 49.9 Å². The van der Waals surface area contributed by atoms with E-state index in [4.69, 9.17) is 11.1 Å². The maximum absolute atomic E-state index is 6.90. The maximum Gasteiger partial charge on any atom is 0.0520 e. The van der Waals surface area contributed by atoms with Crippen LogP contribution in [0.2, 0.25) is 0 Å². The van der Waals surface area contributed by atoms with Gasteiger partial charge >= 0.3 is 0 Å². The van der Waals surface area contributed by atoms with Gasteiger partial charge in [0.2, 0.25) is 0 Å². The molecule has 2 atom stereocenters. The predicted octanol–water partition coefficient (Wildman–Crippen LogP) is 0.534. The molecule has 3 N–H and O–H groups in total. The molecular weight excluding hydrogens is 114 g/mol. The van der Waals surface area contributed by atoms with Crippen molar-refractivity contribution in [1.29, 1.82) is 5.41 Å². The molecule has 6 heavy (non-hydrogen) atoms. The van der Waals surface area contributed by atoms with Gasteiger partial charge in [-0.15, -0.1) is 0 Å². The Morgan fingerprint density at radius 2 is 2.17 bits per heavy atom. The molecule has 0 spiro atoms. The summed E-state index contributed by atoms with van der Waals surface area (Å²) < 4.78 is 0. The summed E-state index contributed by atoms with van der Waals surface area (Å²) in [6, 6.07) is 0. The first-order valence-electron chi connectivity index (χ1n) is 1.66. The minimum absolute atomic E-state index is 0.373. The lowest BCUT2D eigenvalue weighted by Gasteiger charge is -2.21. The van der Waals surface area contributed by atoms with Crippen LogP contribution in [0.3, 0.4) is 0 Å². The van der Waals surface area contributed by atoms with Crippen LogP contribution in [0.4, 0.5) is 0 Å². The van der Waals surface area contributed by atoms with E-state index < -0.39 is 0 Å². The summed E-state index contributed by atoms with van der Waals surface area (Å²) in [5.41, 5.74) is 5.73. The minimum atomic E-state index is 0.373. The van der Waals surface area contributed by atoms with Gasteiger partial charge in [0.1, 0.15) is 0 Å². The Labute approximate surface area is 40.0 Å². The molecular formula is C2H6N2P2. The first kappa shape index (κ1) is 4.64. The molecule has 1 fully saturated rings. The molecule has 34 valence electrons. The monoisotopic (exact) mass is 120 g/mol. The molecule has 0 saturated carbocycles. The second kappa shape index (κ2) is 1.54. The van der Waals surface area contributed by atoms with Crippen molar-refractivity contribution in [2.45, 2.75) is 5.52 Å². The van der Waals surface area contributed by atoms with Crippen LogP contribution in [0.5, 0.6) is 0 Å². The van der Waals surface area contributed by atoms with Crippen LogP contribution < -0.4 is 5.73 Å². The molecule has 4 heteroatoms. The summed E-state index contributed by atoms with van der Waals surface area (Å²) >= 11 is 0. The van der Waals surface area contributed by atoms with Crippen molar-refractivity contribution in [1.82, 2.24) is 0 Å². The Morgan fingerprint density at radius 3 is 2.17 bits per heavy atom. The van der Waals surface area contributed by atoms with Crippen LogP contribution in [0, 0.1) is 5.41 Å². The largest absolute Gasteiger partial charge is 0.320 e. The Balaban J connectivity index is 2.28. The van der Waals surface area contributed by atoms with Crippen molar-refractivity contribution in [3.63, 3.8) is 0 Å². The molecule has 1 saturated heterocycles. The molecule has 1 heterocycles. The number of hydrogen-bond donors (Lipinski definition) is 2. The fourth-order valence-corrected chi connectivity index (χ4v) is 2.30. The Kier molecular flexibility index (Phi) is 1.19. The Bertz CT molecular complexity index is 73.6. The summed E-state index contributed by atoms with van der Waals surface area (Å²) in [6.07, 6.45) is 0. The zero-order valence-corrected chi connectivity index (χ0v) is 5.15. The van der Waals surface area contributed by atoms with Gasteiger partial charge in [0, 0.05) is 5.52 Å². The summed E-state index contributed by atoms with van der Waals surface area (Å²) in [5.74, 6) is 0. The number of nitrogens with one attached hydrogen (secondary N) is 1. The Hall–Kier alpha value is 0.490. The van der Waals surface area contributed by atoms with E-state index in [1.165, 1.54) is 0 Å². The van der Waals surface area contributed by atoms with Crippen LogP contribution >= 0.6 is 17.2 Å². The van der Waals surface area contributed by atoms with Crippen molar-refractivity contribution < 1.29 is 0 Å². The molecule has 0 aromatic rings. The van der Waals surface area contributed by atoms with Gasteiger partial charge < -0.3 is 11.1 Å². The summed E-state index contributed by atoms with van der Waals surface area (Å²) in [6.45, 7) is 0. The normalized spacial score (nSPS) is 40.8. The van der Waals surface area contributed by atoms with Gasteiger partial charge in [-0.25, -0.2) is 0 Å². The zero-order valence-electron chi connectivity index (χ0n) is 3.15. The van der Waals surface area contributed by atoms with Gasteiger partial charge in [0.25, 0.3) is 0 Å². The maximum atomic E-state index is 6.90. The van der Waals surface area contributed by atoms with Crippen LogP contribution in [-0.2, 0) is 0 Å². The second-order valence-electron chi connectivity index (χ2n) is 1.14. The first-order valence-corrected chi connectivity index (χ1v) is 3.82. The second-order valence-corrected chi connectivity index (χ2v) is 5.04. The molecule has 0 amide bonds. The third-order valence-electron chi connectivity index (χ3n) is 0.600. The number of hydrogen-bond acceptors (Lipinski definition) is 2. The van der Waals surface area contributed by atoms with Crippen LogP contribution in [0.1, 0.15) is 0 Å². The van der Waals surface area contributed by atoms with E-state index >= 15 is 0 Å². The van der Waals surface area contributed by atoms with Crippen molar-refractivity contribution in [3.8, 4) is 0 Å². The molecule has 0 aromatic carbocycles. The first-order chi connectivity index (χ1) is 2.79. The molecule has 2 unspecified atom stereocenters. The Morgan fingerprint density at radius 1 is 1.67 bits per heavy atom. The number of rotatable bonds is 0. The van der Waals surface area contributed by atoms with Gasteiger partial charge in [-0.2, -0.15) is 0 Å². The zero-order chi connectivity index (χ0) is 4.57. The summed E-state index contributed by atoms with van der Waals surface area (Å²) in [7, 11) is 1.28. The van der Waals surface area contributed by atoms with Crippen LogP contribution in [-0.4, -0.2) is 10.7 Å². The standard InChI is InChI=1S/C2H6N2P2/c3-1-5-2(4)6-1/h1,4-6H,3H2. The van der Waals surface area contributed by atoms with Gasteiger partial charge in [-0.1, -0.05) is 0 Å². The quantitative estimate of drug-likeness (QED) is 0.450.